The summed E-state index contributed by atoms with van der Waals surface area (Å²) in [5.41, 5.74) is 0.110. The maximum absolute atomic E-state index is 11.7. The second-order valence-electron chi connectivity index (χ2n) is 2.72. The Kier molecular flexibility index (Phi) is 4.23. The van der Waals surface area contributed by atoms with E-state index in [4.69, 9.17) is 0 Å². The van der Waals surface area contributed by atoms with Gasteiger partial charge in [-0.05, 0) is 23.3 Å². The number of hydrogen-bond acceptors (Lipinski definition) is 5. The Labute approximate surface area is 98.1 Å². The van der Waals surface area contributed by atoms with Crippen molar-refractivity contribution in [3.05, 3.63) is 35.9 Å². The molecule has 0 aliphatic carbocycles. The molecule has 0 N–H and O–H groups in total. The fourth-order valence-corrected chi connectivity index (χ4v) is 1.27. The van der Waals surface area contributed by atoms with Crippen LogP contribution in [0.4, 0.5) is 4.79 Å². The highest BCUT2D eigenvalue weighted by molar-refractivity contribution is 7.61. The van der Waals surface area contributed by atoms with Crippen LogP contribution in [0.15, 0.2) is 39.8 Å². The number of nitrogens with zero attached hydrogens (tertiary/aromatic N) is 3. The Morgan fingerprint density at radius 2 is 1.76 bits per heavy atom. The van der Waals surface area contributed by atoms with Gasteiger partial charge < -0.3 is 0 Å². The third-order valence-corrected chi connectivity index (χ3v) is 1.97. The van der Waals surface area contributed by atoms with Crippen LogP contribution in [0.3, 0.4) is 0 Å². The Hall–Kier alpha value is -2.35. The average Bonchev–Trinajstić information content (AvgIpc) is 2.35. The molecule has 0 aromatic heterocycles. The number of rotatable bonds is 2. The van der Waals surface area contributed by atoms with Gasteiger partial charge in [-0.3, -0.25) is 4.79 Å². The minimum atomic E-state index is -2.94. The molecule has 0 unspecified atom stereocenters. The van der Waals surface area contributed by atoms with E-state index in [1.807, 2.05) is 0 Å². The van der Waals surface area contributed by atoms with E-state index >= 15 is 0 Å². The smallest absolute Gasteiger partial charge is 0.267 e. The monoisotopic (exact) mass is 253 g/mol. The van der Waals surface area contributed by atoms with Crippen LogP contribution >= 0.6 is 0 Å². The normalized spacial score (nSPS) is 9.18. The standard InChI is InChI=1S/C9H7N3O4S/c1-10-9(14)12(11-17(15)16)8(13)7-5-3-2-4-6-7/h2-6H,1H2. The first-order valence-corrected chi connectivity index (χ1v) is 5.30. The summed E-state index contributed by atoms with van der Waals surface area (Å²) in [6.07, 6.45) is 0. The molecule has 8 heteroatoms. The van der Waals surface area contributed by atoms with Crippen molar-refractivity contribution < 1.29 is 18.0 Å². The first kappa shape index (κ1) is 12.7. The molecule has 0 aliphatic rings. The van der Waals surface area contributed by atoms with Crippen LogP contribution in [0.25, 0.3) is 0 Å². The predicted molar refractivity (Wildman–Crippen MR) is 58.9 cm³/mol. The molecular weight excluding hydrogens is 246 g/mol. The summed E-state index contributed by atoms with van der Waals surface area (Å²) < 4.78 is 23.6. The Morgan fingerprint density at radius 3 is 2.24 bits per heavy atom. The van der Waals surface area contributed by atoms with E-state index in [2.05, 4.69) is 16.2 Å². The van der Waals surface area contributed by atoms with E-state index in [9.17, 15) is 18.0 Å². The van der Waals surface area contributed by atoms with Gasteiger partial charge in [-0.1, -0.05) is 18.2 Å². The molecule has 7 nitrogen and oxygen atoms in total. The Morgan fingerprint density at radius 1 is 1.18 bits per heavy atom. The Balaban J connectivity index is 3.17. The lowest BCUT2D eigenvalue weighted by atomic mass is 10.2. The third-order valence-electron chi connectivity index (χ3n) is 1.68. The highest BCUT2D eigenvalue weighted by atomic mass is 32.2. The van der Waals surface area contributed by atoms with E-state index in [-0.39, 0.29) is 10.6 Å². The molecule has 88 valence electrons. The Bertz CT molecular complexity index is 572. The summed E-state index contributed by atoms with van der Waals surface area (Å²) in [6.45, 7) is 2.91. The highest BCUT2D eigenvalue weighted by Gasteiger charge is 2.22. The highest BCUT2D eigenvalue weighted by Crippen LogP contribution is 2.06. The molecule has 0 heterocycles. The van der Waals surface area contributed by atoms with Gasteiger partial charge in [0.15, 0.2) is 0 Å². The van der Waals surface area contributed by atoms with Crippen LogP contribution in [-0.4, -0.2) is 32.1 Å². The van der Waals surface area contributed by atoms with Gasteiger partial charge in [0.2, 0.25) is 0 Å². The zero-order chi connectivity index (χ0) is 12.8. The molecule has 0 atom stereocenters. The molecule has 3 amide bonds. The molecule has 0 spiro atoms. The molecule has 0 radical (unpaired) electrons. The van der Waals surface area contributed by atoms with E-state index in [0.29, 0.717) is 0 Å². The van der Waals surface area contributed by atoms with Crippen LogP contribution < -0.4 is 0 Å². The zero-order valence-electron chi connectivity index (χ0n) is 8.48. The van der Waals surface area contributed by atoms with Crippen LogP contribution in [0.1, 0.15) is 10.4 Å². The van der Waals surface area contributed by atoms with E-state index < -0.39 is 22.4 Å². The molecule has 1 aromatic carbocycles. The minimum Gasteiger partial charge on any atom is -0.267 e. The van der Waals surface area contributed by atoms with Crippen molar-refractivity contribution in [2.24, 2.45) is 9.46 Å². The minimum absolute atomic E-state index is 0.110. The molecule has 1 rings (SSSR count). The van der Waals surface area contributed by atoms with E-state index in [1.54, 1.807) is 18.2 Å². The quantitative estimate of drug-likeness (QED) is 0.578. The fraction of sp³-hybridized carbons (Fsp3) is 0. The van der Waals surface area contributed by atoms with Crippen molar-refractivity contribution in [1.82, 2.24) is 5.01 Å². The van der Waals surface area contributed by atoms with Gasteiger partial charge in [0.25, 0.3) is 5.91 Å². The SMILES string of the molecule is C=NC(=O)N(N=S(=O)=O)C(=O)c1ccccc1. The molecule has 17 heavy (non-hydrogen) atoms. The van der Waals surface area contributed by atoms with Crippen LogP contribution in [0.5, 0.6) is 0 Å². The summed E-state index contributed by atoms with van der Waals surface area (Å²) in [5, 5.41) is 0.130. The largest absolute Gasteiger partial charge is 0.371 e. The molecule has 0 fully saturated rings. The summed E-state index contributed by atoms with van der Waals surface area (Å²) in [5.74, 6) is -0.896. The van der Waals surface area contributed by atoms with Gasteiger partial charge in [-0.25, -0.2) is 9.79 Å². The second-order valence-corrected chi connectivity index (χ2v) is 3.32. The van der Waals surface area contributed by atoms with Crippen molar-refractivity contribution in [2.45, 2.75) is 0 Å². The number of urea groups is 1. The number of carbonyl (C=O) groups excluding carboxylic acids is 2. The van der Waals surface area contributed by atoms with Crippen molar-refractivity contribution in [2.75, 3.05) is 0 Å². The van der Waals surface area contributed by atoms with Gasteiger partial charge in [-0.2, -0.15) is 8.42 Å². The lowest BCUT2D eigenvalue weighted by molar-refractivity contribution is 0.0814. The topological polar surface area (TPSA) is 96.2 Å². The van der Waals surface area contributed by atoms with Gasteiger partial charge >= 0.3 is 16.5 Å². The van der Waals surface area contributed by atoms with Gasteiger partial charge in [0.05, 0.1) is 0 Å². The van der Waals surface area contributed by atoms with Crippen LogP contribution in [0, 0.1) is 0 Å². The molecule has 0 saturated carbocycles. The predicted octanol–water partition coefficient (Wildman–Crippen LogP) is 0.927. The number of hydrogen-bond donors (Lipinski definition) is 0. The van der Waals surface area contributed by atoms with Crippen LogP contribution in [-0.2, 0) is 10.5 Å². The average molecular weight is 253 g/mol. The van der Waals surface area contributed by atoms with Crippen molar-refractivity contribution >= 4 is 29.2 Å². The van der Waals surface area contributed by atoms with Gasteiger partial charge in [0, 0.05) is 5.56 Å². The second kappa shape index (κ2) is 5.66. The molecule has 1 aromatic rings. The lowest BCUT2D eigenvalue weighted by Gasteiger charge is -2.09. The van der Waals surface area contributed by atoms with Crippen molar-refractivity contribution in [1.29, 1.82) is 0 Å². The first-order valence-electron chi connectivity index (χ1n) is 4.27. The van der Waals surface area contributed by atoms with Crippen LogP contribution in [0.2, 0.25) is 0 Å². The van der Waals surface area contributed by atoms with E-state index in [1.165, 1.54) is 12.1 Å². The summed E-state index contributed by atoms with van der Waals surface area (Å²) >= 11 is 0. The lowest BCUT2D eigenvalue weighted by Crippen LogP contribution is -2.29. The molecular formula is C9H7N3O4S. The molecule has 0 saturated heterocycles. The van der Waals surface area contributed by atoms with E-state index in [0.717, 1.165) is 0 Å². The fourth-order valence-electron chi connectivity index (χ4n) is 0.996. The number of amides is 3. The van der Waals surface area contributed by atoms with Gasteiger partial charge in [0.1, 0.15) is 0 Å². The number of carbonyl (C=O) groups is 2. The van der Waals surface area contributed by atoms with Crippen molar-refractivity contribution in [3.63, 3.8) is 0 Å². The summed E-state index contributed by atoms with van der Waals surface area (Å²) in [7, 11) is -2.94. The first-order chi connectivity index (χ1) is 8.06. The molecule has 0 bridgehead atoms. The van der Waals surface area contributed by atoms with Crippen molar-refractivity contribution in [3.8, 4) is 0 Å². The number of imide groups is 1. The maximum Gasteiger partial charge on any atom is 0.371 e. The zero-order valence-corrected chi connectivity index (χ0v) is 9.29. The van der Waals surface area contributed by atoms with Gasteiger partial charge in [-0.15, -0.1) is 5.01 Å². The summed E-state index contributed by atoms with van der Waals surface area (Å²) in [4.78, 5) is 25.8. The third kappa shape index (κ3) is 3.31. The maximum atomic E-state index is 11.7. The number of aliphatic imine (C=N–C) groups is 1. The number of benzene rings is 1. The molecule has 0 aliphatic heterocycles. The summed E-state index contributed by atoms with van der Waals surface area (Å²) in [6, 6.07) is 6.45.